The third kappa shape index (κ3) is 7.67. The van der Waals surface area contributed by atoms with Crippen LogP contribution < -0.4 is 0 Å². The molecule has 0 saturated heterocycles. The van der Waals surface area contributed by atoms with Gasteiger partial charge in [-0.05, 0) is 109 Å². The van der Waals surface area contributed by atoms with Crippen molar-refractivity contribution in [2.75, 3.05) is 0 Å². The van der Waals surface area contributed by atoms with Gasteiger partial charge in [-0.15, -0.1) is 40.5 Å². The summed E-state index contributed by atoms with van der Waals surface area (Å²) in [4.78, 5) is 59.4. The fourth-order valence-corrected chi connectivity index (χ4v) is 8.86. The first-order valence-corrected chi connectivity index (χ1v) is 16.7. The summed E-state index contributed by atoms with van der Waals surface area (Å²) in [5.41, 5.74) is -0.427. The maximum absolute atomic E-state index is 10.4. The highest BCUT2D eigenvalue weighted by atomic mass is 17.0. The van der Waals surface area contributed by atoms with Crippen LogP contribution in [0.15, 0.2) is 0 Å². The number of hydrogen-bond donors (Lipinski definition) is 0. The van der Waals surface area contributed by atoms with Gasteiger partial charge < -0.3 is 19.4 Å². The molecule has 7 fully saturated rings. The quantitative estimate of drug-likeness (QED) is 0.211. The Kier molecular flexibility index (Phi) is 10.5. The highest BCUT2D eigenvalue weighted by Gasteiger charge is 2.60. The molecule has 0 spiro atoms. The summed E-state index contributed by atoms with van der Waals surface area (Å²) in [6.45, 7) is 16.5. The van der Waals surface area contributed by atoms with E-state index < -0.39 is 38.2 Å². The number of hydrogen-bond acceptors (Lipinski definition) is 12. The molecule has 17 unspecified atom stereocenters. The van der Waals surface area contributed by atoms with Crippen molar-refractivity contribution in [1.29, 1.82) is 0 Å². The van der Waals surface area contributed by atoms with E-state index in [1.54, 1.807) is 6.42 Å². The van der Waals surface area contributed by atoms with E-state index in [0.717, 1.165) is 31.1 Å². The van der Waals surface area contributed by atoms with Crippen LogP contribution in [0.2, 0.25) is 0 Å². The molecule has 16 nitrogen and oxygen atoms in total. The average molecular weight is 659 g/mol. The molecular formula is C30H50N4O12. The molecule has 0 radical (unpaired) electrons. The third-order valence-electron chi connectivity index (χ3n) is 12.9. The van der Waals surface area contributed by atoms with Crippen LogP contribution in [0.1, 0.15) is 87.5 Å². The smallest absolute Gasteiger partial charge is 0.295 e. The molecule has 7 saturated carbocycles. The van der Waals surface area contributed by atoms with E-state index in [-0.39, 0.29) is 29.8 Å². The van der Waals surface area contributed by atoms with E-state index in [0.29, 0.717) is 36.0 Å². The molecular weight excluding hydrogens is 608 g/mol. The Balaban J connectivity index is 0.000000146. The van der Waals surface area contributed by atoms with Crippen molar-refractivity contribution in [2.45, 2.75) is 111 Å². The molecule has 46 heavy (non-hydrogen) atoms. The number of nitrogens with zero attached hydrogens (tertiary/aromatic N) is 4. The standard InChI is InChI=1S/C9H14N2O6.C8H13NO3.C7H12.C6H11NO3/c1-4-5(2)9(17-11(14)15)7-3-6(7)8(4)16-10(12)13;1-4-5(2)8(12-9(10)11)7-3-6(4)7;1-4-5(2)7-3-6(4)7;1-3-6(4-5(6)2)10-7(8)9/h4-9H,3H2,1-2H3;4-8H,3H2,1-2H3;4-7H,3H2,1-2H3;5H,3-4H2,1-2H3. The fourth-order valence-electron chi connectivity index (χ4n) is 8.86. The summed E-state index contributed by atoms with van der Waals surface area (Å²) in [6.07, 6.45) is 3.89. The molecule has 17 atom stereocenters. The molecule has 7 rings (SSSR count). The minimum atomic E-state index is -0.780. The van der Waals surface area contributed by atoms with E-state index in [4.69, 9.17) is 0 Å². The normalized spacial score (nSPS) is 47.2. The van der Waals surface area contributed by atoms with Crippen LogP contribution in [0.25, 0.3) is 0 Å². The van der Waals surface area contributed by atoms with Gasteiger partial charge in [-0.2, -0.15) is 0 Å². The summed E-state index contributed by atoms with van der Waals surface area (Å²) >= 11 is 0. The van der Waals surface area contributed by atoms with Crippen LogP contribution >= 0.6 is 0 Å². The Morgan fingerprint density at radius 2 is 0.804 bits per heavy atom. The Labute approximate surface area is 268 Å². The Morgan fingerprint density at radius 1 is 0.522 bits per heavy atom. The van der Waals surface area contributed by atoms with Crippen molar-refractivity contribution < 1.29 is 39.7 Å². The second-order valence-corrected chi connectivity index (χ2v) is 15.1. The van der Waals surface area contributed by atoms with E-state index in [2.05, 4.69) is 40.1 Å². The predicted octanol–water partition coefficient (Wildman–Crippen LogP) is 5.84. The lowest BCUT2D eigenvalue weighted by Crippen LogP contribution is -2.44. The molecule has 0 heterocycles. The minimum absolute atomic E-state index is 0.0107. The lowest BCUT2D eigenvalue weighted by Gasteiger charge is -2.36. The third-order valence-corrected chi connectivity index (χ3v) is 12.9. The fraction of sp³-hybridized carbons (Fsp3) is 1.00. The molecule has 0 amide bonds. The van der Waals surface area contributed by atoms with Gasteiger partial charge in [0.1, 0.15) is 23.9 Å². The van der Waals surface area contributed by atoms with Gasteiger partial charge in [0, 0.05) is 0 Å². The Hall–Kier alpha value is -3.20. The van der Waals surface area contributed by atoms with Crippen molar-refractivity contribution >= 4 is 0 Å². The molecule has 0 bridgehead atoms. The van der Waals surface area contributed by atoms with Crippen LogP contribution in [-0.2, 0) is 19.4 Å². The zero-order valence-electron chi connectivity index (χ0n) is 28.0. The summed E-state index contributed by atoms with van der Waals surface area (Å²) in [5.74, 6) is 6.73. The highest BCUT2D eigenvalue weighted by Crippen LogP contribution is 2.63. The summed E-state index contributed by atoms with van der Waals surface area (Å²) in [7, 11) is 0. The van der Waals surface area contributed by atoms with Crippen molar-refractivity contribution in [3.05, 3.63) is 40.5 Å². The minimum Gasteiger partial charge on any atom is -0.310 e. The van der Waals surface area contributed by atoms with Crippen molar-refractivity contribution in [1.82, 2.24) is 0 Å². The summed E-state index contributed by atoms with van der Waals surface area (Å²) < 4.78 is 0. The average Bonchev–Trinajstić information content (AvgIpc) is 3.82. The lowest BCUT2D eigenvalue weighted by atomic mass is 9.77. The van der Waals surface area contributed by atoms with Crippen molar-refractivity contribution in [3.8, 4) is 0 Å². The van der Waals surface area contributed by atoms with Gasteiger partial charge in [0.25, 0.3) is 20.3 Å². The van der Waals surface area contributed by atoms with E-state index >= 15 is 0 Å². The van der Waals surface area contributed by atoms with Gasteiger partial charge >= 0.3 is 0 Å². The molecule has 0 aromatic carbocycles. The second kappa shape index (κ2) is 13.5. The summed E-state index contributed by atoms with van der Waals surface area (Å²) in [5, 5.41) is 38.0. The van der Waals surface area contributed by atoms with Gasteiger partial charge in [-0.25, -0.2) is 0 Å². The Bertz CT molecular complexity index is 1110. The second-order valence-electron chi connectivity index (χ2n) is 15.1. The Morgan fingerprint density at radius 3 is 1.02 bits per heavy atom. The molecule has 7 aliphatic carbocycles. The van der Waals surface area contributed by atoms with Gasteiger partial charge in [0.15, 0.2) is 0 Å². The van der Waals surface area contributed by atoms with Crippen LogP contribution in [-0.4, -0.2) is 44.3 Å². The molecule has 0 aromatic rings. The monoisotopic (exact) mass is 658 g/mol. The van der Waals surface area contributed by atoms with Crippen LogP contribution in [0.3, 0.4) is 0 Å². The topological polar surface area (TPSA) is 209 Å². The maximum Gasteiger partial charge on any atom is 0.295 e. The molecule has 0 aliphatic heterocycles. The molecule has 16 heteroatoms. The largest absolute Gasteiger partial charge is 0.310 e. The predicted molar refractivity (Wildman–Crippen MR) is 160 cm³/mol. The van der Waals surface area contributed by atoms with E-state index in [9.17, 15) is 40.5 Å². The molecule has 0 aromatic heterocycles. The van der Waals surface area contributed by atoms with E-state index in [1.165, 1.54) is 11.8 Å². The van der Waals surface area contributed by atoms with E-state index in [1.807, 2.05) is 34.6 Å². The zero-order valence-corrected chi connectivity index (χ0v) is 28.0. The highest BCUT2D eigenvalue weighted by molar-refractivity contribution is 5.06. The van der Waals surface area contributed by atoms with Crippen molar-refractivity contribution in [3.63, 3.8) is 0 Å². The zero-order chi connectivity index (χ0) is 34.4. The number of fused-ring (bicyclic) bond motifs is 3. The van der Waals surface area contributed by atoms with Crippen LogP contribution in [0.5, 0.6) is 0 Å². The first-order chi connectivity index (χ1) is 21.4. The SMILES string of the molecule is CC1C(C)C(O[N+](=O)[O-])C2CC12.CC1C(C)C(O[N+](=O)[O-])C2CC2C1O[N+](=O)[O-].CC1C(C)C2CC12.CCC1(O[N+](=O)[O-])CC1C. The molecule has 0 N–H and O–H groups in total. The molecule has 262 valence electrons. The van der Waals surface area contributed by atoms with Crippen molar-refractivity contribution in [2.24, 2.45) is 76.9 Å². The van der Waals surface area contributed by atoms with Gasteiger partial charge in [0.05, 0.1) is 0 Å². The first-order valence-electron chi connectivity index (χ1n) is 16.7. The lowest BCUT2D eigenvalue weighted by molar-refractivity contribution is -0.780. The summed E-state index contributed by atoms with van der Waals surface area (Å²) in [6, 6.07) is 0. The maximum atomic E-state index is 10.4. The first kappa shape index (κ1) is 35.7. The van der Waals surface area contributed by atoms with Crippen LogP contribution in [0, 0.1) is 117 Å². The number of rotatable bonds is 9. The van der Waals surface area contributed by atoms with Gasteiger partial charge in [-0.3, -0.25) is 0 Å². The van der Waals surface area contributed by atoms with Gasteiger partial charge in [-0.1, -0.05) is 55.4 Å². The van der Waals surface area contributed by atoms with Crippen LogP contribution in [0.4, 0.5) is 0 Å². The molecule has 7 aliphatic rings. The van der Waals surface area contributed by atoms with Gasteiger partial charge in [0.2, 0.25) is 0 Å².